The molecule has 148 valence electrons. The SMILES string of the molecule is CC(C)NC(=NCC1CCS(=O)(=O)C1)NC1CCCC(C(C)C)C1.I. The van der Waals surface area contributed by atoms with Gasteiger partial charge >= 0.3 is 0 Å². The van der Waals surface area contributed by atoms with E-state index in [9.17, 15) is 8.42 Å². The molecule has 0 aromatic carbocycles. The van der Waals surface area contributed by atoms with Crippen molar-refractivity contribution in [3.63, 3.8) is 0 Å². The Balaban J connectivity index is 0.00000312. The van der Waals surface area contributed by atoms with Crippen LogP contribution in [0.3, 0.4) is 0 Å². The van der Waals surface area contributed by atoms with E-state index >= 15 is 0 Å². The van der Waals surface area contributed by atoms with Gasteiger partial charge in [0, 0.05) is 18.6 Å². The smallest absolute Gasteiger partial charge is 0.191 e. The Morgan fingerprint density at radius 3 is 2.44 bits per heavy atom. The van der Waals surface area contributed by atoms with E-state index in [0.717, 1.165) is 24.2 Å². The molecule has 2 rings (SSSR count). The number of aliphatic imine (C=N–C) groups is 1. The molecule has 2 N–H and O–H groups in total. The van der Waals surface area contributed by atoms with Crippen molar-refractivity contribution in [3.05, 3.63) is 0 Å². The van der Waals surface area contributed by atoms with E-state index in [1.807, 2.05) is 0 Å². The van der Waals surface area contributed by atoms with Crippen LogP contribution < -0.4 is 10.6 Å². The number of hydrogen-bond acceptors (Lipinski definition) is 3. The normalized spacial score (nSPS) is 29.5. The summed E-state index contributed by atoms with van der Waals surface area (Å²) in [6.45, 7) is 9.44. The van der Waals surface area contributed by atoms with Crippen molar-refractivity contribution >= 4 is 39.8 Å². The van der Waals surface area contributed by atoms with Crippen molar-refractivity contribution in [3.8, 4) is 0 Å². The van der Waals surface area contributed by atoms with Crippen LogP contribution >= 0.6 is 24.0 Å². The molecule has 2 fully saturated rings. The van der Waals surface area contributed by atoms with Crippen LogP contribution in [0.4, 0.5) is 0 Å². The van der Waals surface area contributed by atoms with Crippen LogP contribution in [0.5, 0.6) is 0 Å². The molecular weight excluding hydrogens is 449 g/mol. The van der Waals surface area contributed by atoms with Gasteiger partial charge in [-0.3, -0.25) is 4.99 Å². The molecule has 3 atom stereocenters. The lowest BCUT2D eigenvalue weighted by Crippen LogP contribution is -2.48. The molecule has 1 saturated carbocycles. The van der Waals surface area contributed by atoms with Gasteiger partial charge in [-0.1, -0.05) is 26.7 Å². The van der Waals surface area contributed by atoms with Crippen molar-refractivity contribution in [1.29, 1.82) is 0 Å². The topological polar surface area (TPSA) is 70.6 Å². The van der Waals surface area contributed by atoms with E-state index in [-0.39, 0.29) is 29.9 Å². The maximum Gasteiger partial charge on any atom is 0.191 e. The lowest BCUT2D eigenvalue weighted by atomic mass is 9.79. The van der Waals surface area contributed by atoms with E-state index in [0.29, 0.717) is 30.1 Å². The summed E-state index contributed by atoms with van der Waals surface area (Å²) in [5.74, 6) is 3.17. The molecule has 1 aliphatic carbocycles. The van der Waals surface area contributed by atoms with Gasteiger partial charge < -0.3 is 10.6 Å². The molecule has 0 spiro atoms. The first-order valence-corrected chi connectivity index (χ1v) is 11.3. The van der Waals surface area contributed by atoms with Gasteiger partial charge in [0.05, 0.1) is 11.5 Å². The molecule has 7 heteroatoms. The average Bonchev–Trinajstić information content (AvgIpc) is 2.84. The lowest BCUT2D eigenvalue weighted by molar-refractivity contribution is 0.244. The van der Waals surface area contributed by atoms with Crippen molar-refractivity contribution in [2.45, 2.75) is 71.9 Å². The Morgan fingerprint density at radius 1 is 1.16 bits per heavy atom. The summed E-state index contributed by atoms with van der Waals surface area (Å²) in [7, 11) is -2.82. The minimum absolute atomic E-state index is 0. The van der Waals surface area contributed by atoms with Gasteiger partial charge in [-0.2, -0.15) is 0 Å². The molecule has 1 saturated heterocycles. The van der Waals surface area contributed by atoms with E-state index in [1.165, 1.54) is 25.7 Å². The molecule has 5 nitrogen and oxygen atoms in total. The first-order valence-electron chi connectivity index (χ1n) is 9.53. The minimum atomic E-state index is -2.82. The molecule has 3 unspecified atom stereocenters. The number of halogens is 1. The number of hydrogen-bond donors (Lipinski definition) is 2. The highest BCUT2D eigenvalue weighted by atomic mass is 127. The fourth-order valence-electron chi connectivity index (χ4n) is 3.80. The third kappa shape index (κ3) is 8.01. The van der Waals surface area contributed by atoms with Crippen LogP contribution in [0.15, 0.2) is 4.99 Å². The average molecular weight is 485 g/mol. The van der Waals surface area contributed by atoms with Crippen molar-refractivity contribution in [2.24, 2.45) is 22.7 Å². The van der Waals surface area contributed by atoms with Gasteiger partial charge in [-0.05, 0) is 50.9 Å². The summed E-state index contributed by atoms with van der Waals surface area (Å²) < 4.78 is 23.2. The highest BCUT2D eigenvalue weighted by Gasteiger charge is 2.28. The Bertz CT molecular complexity index is 534. The summed E-state index contributed by atoms with van der Waals surface area (Å²) in [5, 5.41) is 7.01. The van der Waals surface area contributed by atoms with Gasteiger partial charge in [-0.15, -0.1) is 24.0 Å². The zero-order valence-corrected chi connectivity index (χ0v) is 19.3. The predicted molar refractivity (Wildman–Crippen MR) is 116 cm³/mol. The third-order valence-corrected chi connectivity index (χ3v) is 7.10. The molecule has 1 heterocycles. The van der Waals surface area contributed by atoms with Crippen LogP contribution in [0, 0.1) is 17.8 Å². The second-order valence-electron chi connectivity index (χ2n) is 8.27. The maximum absolute atomic E-state index is 11.6. The predicted octanol–water partition coefficient (Wildman–Crippen LogP) is 3.20. The molecular formula is C18H36IN3O2S. The zero-order valence-electron chi connectivity index (χ0n) is 16.1. The van der Waals surface area contributed by atoms with Crippen LogP contribution in [0.25, 0.3) is 0 Å². The monoisotopic (exact) mass is 485 g/mol. The Labute approximate surface area is 171 Å². The first-order chi connectivity index (χ1) is 11.2. The summed E-state index contributed by atoms with van der Waals surface area (Å²) in [6, 6.07) is 0.788. The van der Waals surface area contributed by atoms with Gasteiger partial charge in [0.25, 0.3) is 0 Å². The standard InChI is InChI=1S/C18H35N3O2S.HI/c1-13(2)16-6-5-7-17(10-16)21-18(20-14(3)4)19-11-15-8-9-24(22,23)12-15;/h13-17H,5-12H2,1-4H3,(H2,19,20,21);1H. The minimum Gasteiger partial charge on any atom is -0.354 e. The number of guanidine groups is 1. The summed E-state index contributed by atoms with van der Waals surface area (Å²) in [5.41, 5.74) is 0. The summed E-state index contributed by atoms with van der Waals surface area (Å²) in [4.78, 5) is 4.71. The van der Waals surface area contributed by atoms with Gasteiger partial charge in [-0.25, -0.2) is 8.42 Å². The summed E-state index contributed by atoms with van der Waals surface area (Å²) in [6.07, 6.45) is 5.75. The maximum atomic E-state index is 11.6. The van der Waals surface area contributed by atoms with Crippen LogP contribution in [-0.4, -0.2) is 44.5 Å². The molecule has 0 aromatic heterocycles. The van der Waals surface area contributed by atoms with Gasteiger partial charge in [0.15, 0.2) is 15.8 Å². The molecule has 0 bridgehead atoms. The molecule has 2 aliphatic rings. The van der Waals surface area contributed by atoms with Crippen LogP contribution in [0.1, 0.15) is 59.8 Å². The van der Waals surface area contributed by atoms with Crippen molar-refractivity contribution in [2.75, 3.05) is 18.1 Å². The first kappa shape index (κ1) is 23.0. The summed E-state index contributed by atoms with van der Waals surface area (Å²) >= 11 is 0. The zero-order chi connectivity index (χ0) is 17.7. The number of rotatable bonds is 5. The number of nitrogens with zero attached hydrogens (tertiary/aromatic N) is 1. The van der Waals surface area contributed by atoms with E-state index < -0.39 is 9.84 Å². The Morgan fingerprint density at radius 2 is 1.88 bits per heavy atom. The van der Waals surface area contributed by atoms with E-state index in [4.69, 9.17) is 4.99 Å². The van der Waals surface area contributed by atoms with Crippen LogP contribution in [-0.2, 0) is 9.84 Å². The second kappa shape index (κ2) is 10.3. The highest BCUT2D eigenvalue weighted by Crippen LogP contribution is 2.29. The Kier molecular flexibility index (Phi) is 9.50. The van der Waals surface area contributed by atoms with Gasteiger partial charge in [0.1, 0.15) is 0 Å². The van der Waals surface area contributed by atoms with E-state index in [2.05, 4.69) is 38.3 Å². The highest BCUT2D eigenvalue weighted by molar-refractivity contribution is 14.0. The van der Waals surface area contributed by atoms with Crippen molar-refractivity contribution < 1.29 is 8.42 Å². The fourth-order valence-corrected chi connectivity index (χ4v) is 5.65. The molecule has 0 aromatic rings. The third-order valence-electron chi connectivity index (χ3n) is 5.26. The largest absolute Gasteiger partial charge is 0.354 e. The molecule has 25 heavy (non-hydrogen) atoms. The van der Waals surface area contributed by atoms with Crippen LogP contribution in [0.2, 0.25) is 0 Å². The fraction of sp³-hybridized carbons (Fsp3) is 0.944. The van der Waals surface area contributed by atoms with E-state index in [1.54, 1.807) is 0 Å². The molecule has 0 radical (unpaired) electrons. The Hall–Kier alpha value is -0.0500. The van der Waals surface area contributed by atoms with Gasteiger partial charge in [0.2, 0.25) is 0 Å². The second-order valence-corrected chi connectivity index (χ2v) is 10.5. The van der Waals surface area contributed by atoms with Crippen molar-refractivity contribution in [1.82, 2.24) is 10.6 Å². The quantitative estimate of drug-likeness (QED) is 0.357. The number of nitrogens with one attached hydrogen (secondary N) is 2. The molecule has 0 amide bonds. The lowest BCUT2D eigenvalue weighted by Gasteiger charge is -2.33. The molecule has 1 aliphatic heterocycles. The number of sulfone groups is 1.